The van der Waals surface area contributed by atoms with E-state index in [-0.39, 0.29) is 0 Å². The Balaban J connectivity index is 1.50. The monoisotopic (exact) mass is 684 g/mol. The highest BCUT2D eigenvalue weighted by atomic mass is 15.5. The molecule has 52 heavy (non-hydrogen) atoms. The van der Waals surface area contributed by atoms with Gasteiger partial charge in [-0.3, -0.25) is 9.80 Å². The molecule has 0 saturated carbocycles. The van der Waals surface area contributed by atoms with Crippen molar-refractivity contribution in [1.29, 1.82) is 0 Å². The Bertz CT molecular complexity index is 1940. The van der Waals surface area contributed by atoms with Gasteiger partial charge < -0.3 is 4.90 Å². The van der Waals surface area contributed by atoms with Crippen molar-refractivity contribution >= 4 is 40.1 Å². The van der Waals surface area contributed by atoms with Crippen molar-refractivity contribution in [2.75, 3.05) is 14.7 Å². The van der Waals surface area contributed by atoms with Gasteiger partial charge in [0.15, 0.2) is 17.8 Å². The lowest BCUT2D eigenvalue weighted by Gasteiger charge is -2.37. The number of nitrogens with zero attached hydrogens (tertiary/aromatic N) is 5. The van der Waals surface area contributed by atoms with Crippen molar-refractivity contribution in [2.45, 2.75) is 79.1 Å². The third kappa shape index (κ3) is 6.34. The lowest BCUT2D eigenvalue weighted by atomic mass is 9.90. The van der Waals surface area contributed by atoms with E-state index in [1.807, 2.05) is 12.4 Å². The Hall–Kier alpha value is -5.42. The number of anilines is 7. The standard InChI is InChI=1S/C47H50N5/c1-31(2)39-21-15-22-40(32(3)4)43(39)51-45-46(49-30-29-48-45)52(44-41(33(5)6)23-16-24-42(44)34(7)8)47(51)35-25-27-38(28-26-35)50(36-17-11-9-12-18-36)37-19-13-10-14-20-37/h9-34H,1-8H3. The largest absolute Gasteiger partial charge is 0.311 e. The second-order valence-corrected chi connectivity index (χ2v) is 14.9. The van der Waals surface area contributed by atoms with Crippen LogP contribution in [0.25, 0.3) is 0 Å². The van der Waals surface area contributed by atoms with Crippen LogP contribution in [0.4, 0.5) is 40.1 Å². The smallest absolute Gasteiger partial charge is 0.199 e. The Morgan fingerprint density at radius 1 is 0.404 bits per heavy atom. The van der Waals surface area contributed by atoms with Crippen LogP contribution in [0.5, 0.6) is 0 Å². The zero-order valence-corrected chi connectivity index (χ0v) is 31.7. The van der Waals surface area contributed by atoms with E-state index < -0.39 is 0 Å². The first-order valence-corrected chi connectivity index (χ1v) is 18.7. The van der Waals surface area contributed by atoms with Crippen molar-refractivity contribution in [3.63, 3.8) is 0 Å². The number of fused-ring (bicyclic) bond motifs is 1. The van der Waals surface area contributed by atoms with Crippen LogP contribution in [-0.2, 0) is 0 Å². The maximum atomic E-state index is 5.14. The average Bonchev–Trinajstić information content (AvgIpc) is 3.50. The molecule has 0 amide bonds. The fourth-order valence-corrected chi connectivity index (χ4v) is 7.52. The van der Waals surface area contributed by atoms with Crippen molar-refractivity contribution in [1.82, 2.24) is 9.97 Å². The molecule has 2 heterocycles. The number of hydrogen-bond acceptors (Lipinski definition) is 5. The lowest BCUT2D eigenvalue weighted by molar-refractivity contribution is 0.805. The van der Waals surface area contributed by atoms with Crippen LogP contribution in [0.15, 0.2) is 134 Å². The highest BCUT2D eigenvalue weighted by molar-refractivity contribution is 5.93. The summed E-state index contributed by atoms with van der Waals surface area (Å²) in [5, 5.41) is 0. The maximum Gasteiger partial charge on any atom is 0.199 e. The van der Waals surface area contributed by atoms with Gasteiger partial charge in [0, 0.05) is 35.0 Å². The van der Waals surface area contributed by atoms with Gasteiger partial charge in [-0.1, -0.05) is 140 Å². The van der Waals surface area contributed by atoms with Gasteiger partial charge in [0.2, 0.25) is 0 Å². The fraction of sp³-hybridized carbons (Fsp3) is 0.255. The number of para-hydroxylation sites is 4. The minimum Gasteiger partial charge on any atom is -0.311 e. The van der Waals surface area contributed by atoms with E-state index in [4.69, 9.17) is 9.97 Å². The summed E-state index contributed by atoms with van der Waals surface area (Å²) in [5.41, 5.74) is 11.9. The van der Waals surface area contributed by atoms with E-state index in [0.717, 1.165) is 40.4 Å². The summed E-state index contributed by atoms with van der Waals surface area (Å²) in [6.07, 6.45) is 4.71. The van der Waals surface area contributed by atoms with Crippen LogP contribution < -0.4 is 14.7 Å². The van der Waals surface area contributed by atoms with E-state index >= 15 is 0 Å². The zero-order chi connectivity index (χ0) is 36.5. The van der Waals surface area contributed by atoms with Crippen molar-refractivity contribution in [3.05, 3.63) is 168 Å². The first kappa shape index (κ1) is 35.0. The van der Waals surface area contributed by atoms with E-state index in [2.05, 4.69) is 191 Å². The molecule has 0 atom stereocenters. The topological polar surface area (TPSA) is 35.5 Å². The van der Waals surface area contributed by atoms with Crippen LogP contribution in [-0.4, -0.2) is 9.97 Å². The third-order valence-corrected chi connectivity index (χ3v) is 10.1. The number of benzene rings is 5. The summed E-state index contributed by atoms with van der Waals surface area (Å²) in [4.78, 5) is 17.4. The molecule has 0 unspecified atom stereocenters. The van der Waals surface area contributed by atoms with E-state index in [9.17, 15) is 0 Å². The summed E-state index contributed by atoms with van der Waals surface area (Å²) in [7, 11) is 0. The van der Waals surface area contributed by atoms with Crippen LogP contribution in [0, 0.1) is 6.17 Å². The van der Waals surface area contributed by atoms with Crippen molar-refractivity contribution in [2.24, 2.45) is 0 Å². The molecule has 5 aromatic carbocycles. The Morgan fingerprint density at radius 2 is 0.750 bits per heavy atom. The summed E-state index contributed by atoms with van der Waals surface area (Å²) in [6, 6.07) is 43.8. The van der Waals surface area contributed by atoms with Gasteiger partial charge >= 0.3 is 0 Å². The second kappa shape index (κ2) is 14.7. The predicted molar refractivity (Wildman–Crippen MR) is 219 cm³/mol. The zero-order valence-electron chi connectivity index (χ0n) is 31.7. The minimum atomic E-state index is 0.297. The predicted octanol–water partition coefficient (Wildman–Crippen LogP) is 13.3. The lowest BCUT2D eigenvalue weighted by Crippen LogP contribution is -2.34. The quantitative estimate of drug-likeness (QED) is 0.143. The van der Waals surface area contributed by atoms with Crippen LogP contribution in [0.3, 0.4) is 0 Å². The summed E-state index contributed by atoms with van der Waals surface area (Å²) in [5.74, 6) is 2.88. The fourth-order valence-electron chi connectivity index (χ4n) is 7.52. The Kier molecular flexibility index (Phi) is 9.87. The Labute approximate surface area is 310 Å². The van der Waals surface area contributed by atoms with Gasteiger partial charge in [-0.2, -0.15) is 0 Å². The van der Waals surface area contributed by atoms with Gasteiger partial charge in [0.05, 0.1) is 11.4 Å². The average molecular weight is 685 g/mol. The molecule has 5 heteroatoms. The molecule has 1 aromatic heterocycles. The summed E-state index contributed by atoms with van der Waals surface area (Å²) < 4.78 is 0. The summed E-state index contributed by atoms with van der Waals surface area (Å²) in [6.45, 7) is 18.3. The molecular weight excluding hydrogens is 635 g/mol. The second-order valence-electron chi connectivity index (χ2n) is 14.9. The molecule has 1 aliphatic rings. The number of hydrogen-bond donors (Lipinski definition) is 0. The van der Waals surface area contributed by atoms with Gasteiger partial charge in [0.1, 0.15) is 0 Å². The van der Waals surface area contributed by atoms with Gasteiger partial charge in [-0.15, -0.1) is 0 Å². The summed E-state index contributed by atoms with van der Waals surface area (Å²) >= 11 is 0. The first-order chi connectivity index (χ1) is 25.2. The molecule has 0 aliphatic carbocycles. The van der Waals surface area contributed by atoms with Crippen molar-refractivity contribution in [3.8, 4) is 0 Å². The van der Waals surface area contributed by atoms with Crippen LogP contribution in [0.1, 0.15) is 107 Å². The first-order valence-electron chi connectivity index (χ1n) is 18.7. The minimum absolute atomic E-state index is 0.297. The van der Waals surface area contributed by atoms with E-state index in [0.29, 0.717) is 23.7 Å². The third-order valence-electron chi connectivity index (χ3n) is 10.1. The molecule has 263 valence electrons. The van der Waals surface area contributed by atoms with E-state index in [1.165, 1.54) is 33.6 Å². The molecule has 7 rings (SSSR count). The van der Waals surface area contributed by atoms with Crippen LogP contribution in [0.2, 0.25) is 0 Å². The molecule has 5 nitrogen and oxygen atoms in total. The SMILES string of the molecule is CC(C)c1cccc(C(C)C)c1N1[C](c2ccc(N(c3ccccc3)c3ccccc3)cc2)N(c2c(C(C)C)cccc2C(C)C)c2nccnc21. The molecule has 1 radical (unpaired) electrons. The molecule has 0 saturated heterocycles. The van der Waals surface area contributed by atoms with Crippen molar-refractivity contribution < 1.29 is 0 Å². The molecule has 0 N–H and O–H groups in total. The molecule has 0 fully saturated rings. The van der Waals surface area contributed by atoms with Gasteiger partial charge in [-0.05, 0) is 82.3 Å². The van der Waals surface area contributed by atoms with E-state index in [1.54, 1.807) is 0 Å². The highest BCUT2D eigenvalue weighted by Gasteiger charge is 2.46. The molecule has 6 aromatic rings. The molecule has 0 spiro atoms. The maximum absolute atomic E-state index is 5.14. The molecule has 0 bridgehead atoms. The normalized spacial score (nSPS) is 13.2. The molecule has 1 aliphatic heterocycles. The highest BCUT2D eigenvalue weighted by Crippen LogP contribution is 2.56. The number of aromatic nitrogens is 2. The number of rotatable bonds is 10. The van der Waals surface area contributed by atoms with Gasteiger partial charge in [0.25, 0.3) is 0 Å². The van der Waals surface area contributed by atoms with Gasteiger partial charge in [-0.25, -0.2) is 9.97 Å². The van der Waals surface area contributed by atoms with Crippen LogP contribution >= 0.6 is 0 Å². The Morgan fingerprint density at radius 3 is 1.10 bits per heavy atom. The molecular formula is C47H50N5.